The first kappa shape index (κ1) is 21.0. The highest BCUT2D eigenvalue weighted by atomic mass is 16.4. The molecule has 0 aromatic heterocycles. The highest BCUT2D eigenvalue weighted by molar-refractivity contribution is 6.00. The summed E-state index contributed by atoms with van der Waals surface area (Å²) in [5.41, 5.74) is 0.512. The van der Waals surface area contributed by atoms with E-state index in [4.69, 9.17) is 5.11 Å². The van der Waals surface area contributed by atoms with E-state index < -0.39 is 29.9 Å². The molecular weight excluding hydrogens is 370 g/mol. The van der Waals surface area contributed by atoms with Gasteiger partial charge in [0.05, 0.1) is 25.6 Å². The maximum atomic E-state index is 12.2. The molecule has 2 atom stereocenters. The minimum absolute atomic E-state index is 0.116. The number of nitrogens with one attached hydrogen (secondary N) is 4. The molecule has 0 saturated heterocycles. The monoisotopic (exact) mass is 393 g/mol. The third-order valence-electron chi connectivity index (χ3n) is 3.71. The highest BCUT2D eigenvalue weighted by Crippen LogP contribution is 2.20. The number of aliphatic hydroxyl groups is 1. The highest BCUT2D eigenvalue weighted by Gasteiger charge is 2.15. The Kier molecular flexibility index (Phi) is 7.15. The molecular formula is C17H23N5O6. The first-order valence-electron chi connectivity index (χ1n) is 8.59. The average molecular weight is 393 g/mol. The Morgan fingerprint density at radius 1 is 1.32 bits per heavy atom. The van der Waals surface area contributed by atoms with E-state index in [1.165, 1.54) is 18.2 Å². The van der Waals surface area contributed by atoms with Gasteiger partial charge in [0.1, 0.15) is 5.75 Å². The van der Waals surface area contributed by atoms with Crippen LogP contribution < -0.4 is 21.3 Å². The smallest absolute Gasteiger partial charge is 0.305 e. The lowest BCUT2D eigenvalue weighted by molar-refractivity contribution is -0.137. The number of aliphatic carboxylic acids is 1. The van der Waals surface area contributed by atoms with Crippen molar-refractivity contribution in [3.05, 3.63) is 23.8 Å². The van der Waals surface area contributed by atoms with Crippen molar-refractivity contribution in [3.8, 4) is 5.75 Å². The second kappa shape index (κ2) is 9.55. The Hall–Kier alpha value is -3.34. The molecule has 0 radical (unpaired) electrons. The number of phenolic OH excluding ortho intramolecular Hbond substituents is 1. The molecule has 11 nitrogen and oxygen atoms in total. The number of phenols is 1. The van der Waals surface area contributed by atoms with Gasteiger partial charge in [0, 0.05) is 29.9 Å². The lowest BCUT2D eigenvalue weighted by atomic mass is 10.1. The van der Waals surface area contributed by atoms with Gasteiger partial charge in [-0.05, 0) is 19.1 Å². The summed E-state index contributed by atoms with van der Waals surface area (Å²) in [5.74, 6) is -1.92. The third kappa shape index (κ3) is 6.76. The molecule has 11 heteroatoms. The lowest BCUT2D eigenvalue weighted by Gasteiger charge is -2.20. The summed E-state index contributed by atoms with van der Waals surface area (Å²) in [7, 11) is 0. The summed E-state index contributed by atoms with van der Waals surface area (Å²) in [6.07, 6.45) is -0.795. The number of aliphatic imine (C=N–C) groups is 1. The molecule has 0 aliphatic carbocycles. The maximum absolute atomic E-state index is 12.2. The van der Waals surface area contributed by atoms with Crippen molar-refractivity contribution in [3.63, 3.8) is 0 Å². The molecule has 2 amide bonds. The van der Waals surface area contributed by atoms with Crippen molar-refractivity contribution >= 4 is 29.4 Å². The molecule has 1 aromatic rings. The molecule has 2 rings (SSSR count). The summed E-state index contributed by atoms with van der Waals surface area (Å²) >= 11 is 0. The summed E-state index contributed by atoms with van der Waals surface area (Å²) in [6.45, 7) is 1.76. The average Bonchev–Trinajstić information content (AvgIpc) is 2.60. The molecule has 1 aromatic carbocycles. The fourth-order valence-corrected chi connectivity index (χ4v) is 2.47. The van der Waals surface area contributed by atoms with E-state index in [0.29, 0.717) is 18.2 Å². The molecule has 1 heterocycles. The van der Waals surface area contributed by atoms with Gasteiger partial charge in [-0.25, -0.2) is 0 Å². The molecule has 0 fully saturated rings. The van der Waals surface area contributed by atoms with Gasteiger partial charge in [-0.3, -0.25) is 19.4 Å². The van der Waals surface area contributed by atoms with Crippen molar-refractivity contribution < 1.29 is 29.7 Å². The number of guanidine groups is 1. The largest absolute Gasteiger partial charge is 0.508 e. The standard InChI is InChI=1S/C17H23N5O6/c1-9(2-15(26)27)21-14(25)8-18-16(28)10-3-11(5-12(23)4-10)22-17-19-6-13(24)7-20-17/h3-5,9,13,23-24H,2,6-8H2,1H3,(H,18,28)(H,21,25)(H,26,27)(H2,19,20,22). The summed E-state index contributed by atoms with van der Waals surface area (Å²) < 4.78 is 0. The molecule has 28 heavy (non-hydrogen) atoms. The van der Waals surface area contributed by atoms with Crippen LogP contribution >= 0.6 is 0 Å². The van der Waals surface area contributed by atoms with E-state index in [1.54, 1.807) is 6.92 Å². The zero-order chi connectivity index (χ0) is 20.7. The number of β-amino-alcohol motifs (C(OH)–C–C–N with tert-alkyl or cyclic N) is 1. The zero-order valence-corrected chi connectivity index (χ0v) is 15.2. The number of aromatic hydroxyl groups is 1. The Morgan fingerprint density at radius 3 is 2.71 bits per heavy atom. The van der Waals surface area contributed by atoms with Crippen LogP contribution in [0.15, 0.2) is 23.2 Å². The molecule has 2 unspecified atom stereocenters. The number of rotatable bonds is 7. The quantitative estimate of drug-likeness (QED) is 0.304. The molecule has 1 aliphatic rings. The molecule has 1 aliphatic heterocycles. The van der Waals surface area contributed by atoms with Crippen molar-refractivity contribution in [1.82, 2.24) is 16.0 Å². The predicted octanol–water partition coefficient (Wildman–Crippen LogP) is -1.17. The van der Waals surface area contributed by atoms with Crippen molar-refractivity contribution in [2.24, 2.45) is 4.99 Å². The van der Waals surface area contributed by atoms with Crippen molar-refractivity contribution in [2.75, 3.05) is 25.0 Å². The minimum Gasteiger partial charge on any atom is -0.508 e. The lowest BCUT2D eigenvalue weighted by Crippen LogP contribution is -2.42. The predicted molar refractivity (Wildman–Crippen MR) is 100 cm³/mol. The Bertz CT molecular complexity index is 781. The molecule has 152 valence electrons. The third-order valence-corrected chi connectivity index (χ3v) is 3.71. The van der Waals surface area contributed by atoms with Crippen LogP contribution in [0.4, 0.5) is 5.69 Å². The van der Waals surface area contributed by atoms with Crippen LogP contribution in [0, 0.1) is 0 Å². The van der Waals surface area contributed by atoms with Crippen LogP contribution in [0.25, 0.3) is 0 Å². The van der Waals surface area contributed by atoms with E-state index in [9.17, 15) is 24.6 Å². The number of amides is 2. The van der Waals surface area contributed by atoms with Gasteiger partial charge in [0.2, 0.25) is 5.91 Å². The summed E-state index contributed by atoms with van der Waals surface area (Å²) in [6, 6.07) is 3.54. The van der Waals surface area contributed by atoms with E-state index in [2.05, 4.69) is 26.3 Å². The second-order valence-corrected chi connectivity index (χ2v) is 6.37. The van der Waals surface area contributed by atoms with Gasteiger partial charge >= 0.3 is 5.97 Å². The summed E-state index contributed by atoms with van der Waals surface area (Å²) in [4.78, 5) is 38.7. The molecule has 0 bridgehead atoms. The van der Waals surface area contributed by atoms with Crippen LogP contribution in [-0.4, -0.2) is 70.8 Å². The van der Waals surface area contributed by atoms with Gasteiger partial charge in [0.15, 0.2) is 5.96 Å². The van der Waals surface area contributed by atoms with Gasteiger partial charge in [-0.15, -0.1) is 0 Å². The number of carbonyl (C=O) groups excluding carboxylic acids is 2. The number of benzene rings is 1. The Labute approximate surface area is 160 Å². The van der Waals surface area contributed by atoms with Gasteiger partial charge < -0.3 is 36.6 Å². The number of carboxylic acid groups (broad SMARTS) is 1. The van der Waals surface area contributed by atoms with Gasteiger partial charge in [-0.1, -0.05) is 0 Å². The molecule has 0 saturated carbocycles. The normalized spacial score (nSPS) is 16.9. The number of anilines is 1. The van der Waals surface area contributed by atoms with Crippen LogP contribution in [0.1, 0.15) is 23.7 Å². The first-order chi connectivity index (χ1) is 13.2. The van der Waals surface area contributed by atoms with Crippen molar-refractivity contribution in [2.45, 2.75) is 25.5 Å². The number of nitrogens with zero attached hydrogens (tertiary/aromatic N) is 1. The van der Waals surface area contributed by atoms with E-state index >= 15 is 0 Å². The van der Waals surface area contributed by atoms with Gasteiger partial charge in [0.25, 0.3) is 5.91 Å². The van der Waals surface area contributed by atoms with E-state index in [1.807, 2.05) is 0 Å². The van der Waals surface area contributed by atoms with E-state index in [-0.39, 0.29) is 30.8 Å². The number of hydrogen-bond acceptors (Lipinski definition) is 8. The Morgan fingerprint density at radius 2 is 2.07 bits per heavy atom. The number of aliphatic hydroxyl groups excluding tert-OH is 1. The summed E-state index contributed by atoms with van der Waals surface area (Å²) in [5, 5.41) is 38.5. The molecule has 7 N–H and O–H groups in total. The second-order valence-electron chi connectivity index (χ2n) is 6.37. The van der Waals surface area contributed by atoms with Crippen LogP contribution in [0.5, 0.6) is 5.75 Å². The topological polar surface area (TPSA) is 172 Å². The molecule has 0 spiro atoms. The van der Waals surface area contributed by atoms with E-state index in [0.717, 1.165) is 0 Å². The fourth-order valence-electron chi connectivity index (χ4n) is 2.47. The maximum Gasteiger partial charge on any atom is 0.305 e. The van der Waals surface area contributed by atoms with Crippen LogP contribution in [0.3, 0.4) is 0 Å². The SMILES string of the molecule is CC(CC(=O)O)NC(=O)CNC(=O)c1cc(O)cc(NC2=NCC(O)CN2)c1. The number of carbonyl (C=O) groups is 3. The zero-order valence-electron chi connectivity index (χ0n) is 15.2. The first-order valence-corrected chi connectivity index (χ1v) is 8.59. The number of carboxylic acids is 1. The van der Waals surface area contributed by atoms with Gasteiger partial charge in [-0.2, -0.15) is 0 Å². The minimum atomic E-state index is -1.04. The van der Waals surface area contributed by atoms with Crippen LogP contribution in [-0.2, 0) is 9.59 Å². The van der Waals surface area contributed by atoms with Crippen LogP contribution in [0.2, 0.25) is 0 Å². The van der Waals surface area contributed by atoms with Crippen molar-refractivity contribution in [1.29, 1.82) is 0 Å². The fraction of sp³-hybridized carbons (Fsp3) is 0.412. The number of hydrogen-bond donors (Lipinski definition) is 7. The Balaban J connectivity index is 1.93.